The van der Waals surface area contributed by atoms with Crippen LogP contribution in [-0.4, -0.2) is 43.5 Å². The first-order chi connectivity index (χ1) is 16.9. The van der Waals surface area contributed by atoms with Crippen LogP contribution in [0.15, 0.2) is 42.5 Å². The third kappa shape index (κ3) is 6.47. The zero-order valence-electron chi connectivity index (χ0n) is 20.5. The molecular weight excluding hydrogens is 448 g/mol. The van der Waals surface area contributed by atoms with Gasteiger partial charge >= 0.3 is 11.9 Å². The van der Waals surface area contributed by atoms with E-state index in [0.29, 0.717) is 17.9 Å². The van der Waals surface area contributed by atoms with Crippen LogP contribution in [0.1, 0.15) is 55.1 Å². The van der Waals surface area contributed by atoms with Gasteiger partial charge in [-0.05, 0) is 54.7 Å². The number of nitrogens with one attached hydrogen (secondary N) is 1. The quantitative estimate of drug-likeness (QED) is 0.517. The van der Waals surface area contributed by atoms with Gasteiger partial charge in [-0.1, -0.05) is 39.0 Å². The summed E-state index contributed by atoms with van der Waals surface area (Å²) in [4.78, 5) is 51.0. The Morgan fingerprint density at radius 3 is 2.23 bits per heavy atom. The monoisotopic (exact) mass is 480 g/mol. The second-order valence-electron chi connectivity index (χ2n) is 8.40. The lowest BCUT2D eigenvalue weighted by atomic mass is 10.0. The average molecular weight is 481 g/mol. The van der Waals surface area contributed by atoms with E-state index in [1.165, 1.54) is 4.90 Å². The van der Waals surface area contributed by atoms with Crippen molar-refractivity contribution < 1.29 is 28.7 Å². The fraction of sp³-hybridized carbons (Fsp3) is 0.407. The lowest BCUT2D eigenvalue weighted by Crippen LogP contribution is -2.28. The molecule has 0 aromatic heterocycles. The van der Waals surface area contributed by atoms with Crippen molar-refractivity contribution in [1.29, 1.82) is 0 Å². The van der Waals surface area contributed by atoms with Crippen LogP contribution in [0.4, 0.5) is 11.4 Å². The zero-order valence-corrected chi connectivity index (χ0v) is 20.5. The third-order valence-electron chi connectivity index (χ3n) is 5.92. The van der Waals surface area contributed by atoms with Gasteiger partial charge in [-0.2, -0.15) is 0 Å². The van der Waals surface area contributed by atoms with Crippen LogP contribution in [0.3, 0.4) is 0 Å². The van der Waals surface area contributed by atoms with Crippen molar-refractivity contribution in [3.05, 3.63) is 59.2 Å². The van der Waals surface area contributed by atoms with Gasteiger partial charge in [0.15, 0.2) is 6.61 Å². The molecule has 8 heteroatoms. The van der Waals surface area contributed by atoms with Crippen molar-refractivity contribution in [2.45, 2.75) is 46.5 Å². The molecule has 1 aliphatic heterocycles. The highest BCUT2D eigenvalue weighted by atomic mass is 16.5. The maximum atomic E-state index is 12.6. The third-order valence-corrected chi connectivity index (χ3v) is 5.92. The molecule has 186 valence electrons. The number of carbonyl (C=O) groups is 4. The molecule has 0 saturated carbocycles. The molecule has 2 aromatic carbocycles. The SMILES string of the molecule is CCCOC(=O)c1ccc(N2C[C@H](C(=O)OCC(=O)Nc3c(CC)cccc3CC)CC2=O)cc1. The first kappa shape index (κ1) is 25.9. The summed E-state index contributed by atoms with van der Waals surface area (Å²) in [5, 5.41) is 2.87. The fourth-order valence-electron chi connectivity index (χ4n) is 4.00. The smallest absolute Gasteiger partial charge is 0.338 e. The molecule has 0 aliphatic carbocycles. The number of hydrogen-bond donors (Lipinski definition) is 1. The first-order valence-corrected chi connectivity index (χ1v) is 12.0. The lowest BCUT2D eigenvalue weighted by Gasteiger charge is -2.17. The summed E-state index contributed by atoms with van der Waals surface area (Å²) < 4.78 is 10.3. The minimum absolute atomic E-state index is 0.000599. The predicted octanol–water partition coefficient (Wildman–Crippen LogP) is 3.91. The van der Waals surface area contributed by atoms with E-state index in [4.69, 9.17) is 9.47 Å². The summed E-state index contributed by atoms with van der Waals surface area (Å²) in [6.07, 6.45) is 2.27. The van der Waals surface area contributed by atoms with E-state index in [2.05, 4.69) is 5.32 Å². The molecule has 1 fully saturated rings. The predicted molar refractivity (Wildman–Crippen MR) is 132 cm³/mol. The van der Waals surface area contributed by atoms with E-state index in [-0.39, 0.29) is 18.9 Å². The normalized spacial score (nSPS) is 15.1. The Morgan fingerprint density at radius 2 is 1.63 bits per heavy atom. The molecule has 1 aliphatic rings. The van der Waals surface area contributed by atoms with Crippen LogP contribution in [0.25, 0.3) is 0 Å². The van der Waals surface area contributed by atoms with Gasteiger partial charge in [0.1, 0.15) is 0 Å². The summed E-state index contributed by atoms with van der Waals surface area (Å²) in [5.74, 6) is -2.31. The van der Waals surface area contributed by atoms with Crippen molar-refractivity contribution in [3.8, 4) is 0 Å². The lowest BCUT2D eigenvalue weighted by molar-refractivity contribution is -0.151. The maximum absolute atomic E-state index is 12.6. The van der Waals surface area contributed by atoms with E-state index >= 15 is 0 Å². The minimum atomic E-state index is -0.668. The molecule has 1 N–H and O–H groups in total. The molecule has 35 heavy (non-hydrogen) atoms. The number of rotatable bonds is 10. The number of aryl methyl sites for hydroxylation is 2. The van der Waals surface area contributed by atoms with Gasteiger partial charge in [-0.15, -0.1) is 0 Å². The van der Waals surface area contributed by atoms with Crippen LogP contribution < -0.4 is 10.2 Å². The largest absolute Gasteiger partial charge is 0.462 e. The summed E-state index contributed by atoms with van der Waals surface area (Å²) >= 11 is 0. The van der Waals surface area contributed by atoms with Gasteiger partial charge in [0.2, 0.25) is 5.91 Å². The Balaban J connectivity index is 1.55. The molecule has 8 nitrogen and oxygen atoms in total. The van der Waals surface area contributed by atoms with Gasteiger partial charge < -0.3 is 19.7 Å². The van der Waals surface area contributed by atoms with Crippen molar-refractivity contribution in [1.82, 2.24) is 0 Å². The number of carbonyl (C=O) groups excluding carboxylic acids is 4. The van der Waals surface area contributed by atoms with Crippen LogP contribution in [0.2, 0.25) is 0 Å². The van der Waals surface area contributed by atoms with E-state index in [0.717, 1.165) is 36.1 Å². The highest BCUT2D eigenvalue weighted by molar-refractivity contribution is 6.00. The van der Waals surface area contributed by atoms with Gasteiger partial charge in [-0.3, -0.25) is 14.4 Å². The van der Waals surface area contributed by atoms with Gasteiger partial charge in [0, 0.05) is 24.3 Å². The number of amides is 2. The zero-order chi connectivity index (χ0) is 25.4. The van der Waals surface area contributed by atoms with Gasteiger partial charge in [0.05, 0.1) is 18.1 Å². The van der Waals surface area contributed by atoms with E-state index in [1.54, 1.807) is 24.3 Å². The number of nitrogens with zero attached hydrogens (tertiary/aromatic N) is 1. The molecular formula is C27H32N2O6. The Hall–Kier alpha value is -3.68. The molecule has 3 rings (SSSR count). The van der Waals surface area contributed by atoms with E-state index in [9.17, 15) is 19.2 Å². The summed E-state index contributed by atoms with van der Waals surface area (Å²) in [7, 11) is 0. The number of benzene rings is 2. The summed E-state index contributed by atoms with van der Waals surface area (Å²) in [6, 6.07) is 12.4. The highest BCUT2D eigenvalue weighted by Gasteiger charge is 2.36. The average Bonchev–Trinajstić information content (AvgIpc) is 3.27. The molecule has 0 bridgehead atoms. The van der Waals surface area contributed by atoms with Crippen LogP contribution >= 0.6 is 0 Å². The number of para-hydroxylation sites is 1. The van der Waals surface area contributed by atoms with Crippen molar-refractivity contribution in [2.24, 2.45) is 5.92 Å². The maximum Gasteiger partial charge on any atom is 0.338 e. The van der Waals surface area contributed by atoms with Gasteiger partial charge in [0.25, 0.3) is 5.91 Å². The van der Waals surface area contributed by atoms with Crippen molar-refractivity contribution >= 4 is 35.1 Å². The second kappa shape index (κ2) is 12.1. The molecule has 1 atom stereocenters. The van der Waals surface area contributed by atoms with E-state index in [1.807, 2.05) is 39.0 Å². The summed E-state index contributed by atoms with van der Waals surface area (Å²) in [5.41, 5.74) is 3.78. The number of esters is 2. The van der Waals surface area contributed by atoms with Crippen LogP contribution in [-0.2, 0) is 36.7 Å². The molecule has 1 saturated heterocycles. The Kier molecular flexibility index (Phi) is 9.00. The molecule has 2 amide bonds. The van der Waals surface area contributed by atoms with Gasteiger partial charge in [-0.25, -0.2) is 4.79 Å². The second-order valence-corrected chi connectivity index (χ2v) is 8.40. The molecule has 0 unspecified atom stereocenters. The number of anilines is 2. The highest BCUT2D eigenvalue weighted by Crippen LogP contribution is 2.27. The number of ether oxygens (including phenoxy) is 2. The molecule has 0 spiro atoms. The van der Waals surface area contributed by atoms with Crippen LogP contribution in [0, 0.1) is 5.92 Å². The van der Waals surface area contributed by atoms with Crippen molar-refractivity contribution in [3.63, 3.8) is 0 Å². The Labute approximate surface area is 205 Å². The Bertz CT molecular complexity index is 1060. The first-order valence-electron chi connectivity index (χ1n) is 12.0. The van der Waals surface area contributed by atoms with Crippen molar-refractivity contribution in [2.75, 3.05) is 30.0 Å². The Morgan fingerprint density at radius 1 is 0.971 bits per heavy atom. The topological polar surface area (TPSA) is 102 Å². The standard InChI is InChI=1S/C27H32N2O6/c1-4-14-34-26(32)20-10-12-22(13-11-20)29-16-21(15-24(29)31)27(33)35-17-23(30)28-25-18(5-2)8-7-9-19(25)6-3/h7-13,21H,4-6,14-17H2,1-3H3,(H,28,30)/t21-/m1/s1. The van der Waals surface area contributed by atoms with Crippen LogP contribution in [0.5, 0.6) is 0 Å². The number of hydrogen-bond acceptors (Lipinski definition) is 6. The van der Waals surface area contributed by atoms with E-state index < -0.39 is 30.4 Å². The molecule has 0 radical (unpaired) electrons. The minimum Gasteiger partial charge on any atom is -0.462 e. The summed E-state index contributed by atoms with van der Waals surface area (Å²) in [6.45, 7) is 6.02. The molecule has 1 heterocycles. The fourth-order valence-corrected chi connectivity index (χ4v) is 4.00. The molecule has 2 aromatic rings.